The average Bonchev–Trinajstić information content (AvgIpc) is 2.36. The van der Waals surface area contributed by atoms with Crippen molar-refractivity contribution in [2.24, 2.45) is 5.73 Å². The molecule has 2 amide bonds. The van der Waals surface area contributed by atoms with E-state index in [1.165, 1.54) is 0 Å². The number of carbonyl (C=O) groups is 2. The van der Waals surface area contributed by atoms with Crippen LogP contribution in [0.4, 0.5) is 0 Å². The Hall–Kier alpha value is -0.820. The number of nitrogens with zero attached hydrogens (tertiary/aromatic N) is 2. The maximum atomic E-state index is 11.7. The summed E-state index contributed by atoms with van der Waals surface area (Å²) in [4.78, 5) is 26.9. The highest BCUT2D eigenvalue weighted by Gasteiger charge is 2.23. The molecule has 0 aromatic heterocycles. The predicted molar refractivity (Wildman–Crippen MR) is 84.4 cm³/mol. The predicted octanol–water partition coefficient (Wildman–Crippen LogP) is -0.376. The largest absolute Gasteiger partial charge is 0.352 e. The van der Waals surface area contributed by atoms with Crippen LogP contribution in [0.3, 0.4) is 0 Å². The number of hydrogen-bond donors (Lipinski definition) is 2. The van der Waals surface area contributed by atoms with Crippen molar-refractivity contribution in [2.45, 2.75) is 13.0 Å². The summed E-state index contributed by atoms with van der Waals surface area (Å²) in [5.41, 5.74) is 5.56. The van der Waals surface area contributed by atoms with Crippen LogP contribution in [0, 0.1) is 0 Å². The molecule has 0 saturated carbocycles. The Labute approximate surface area is 132 Å². The molecular weight excluding hydrogens is 303 g/mol. The van der Waals surface area contributed by atoms with Crippen molar-refractivity contribution in [3.8, 4) is 0 Å². The van der Waals surface area contributed by atoms with Crippen LogP contribution in [0.15, 0.2) is 12.7 Å². The maximum absolute atomic E-state index is 11.7. The third kappa shape index (κ3) is 7.09. The molecule has 0 aromatic carbocycles. The summed E-state index contributed by atoms with van der Waals surface area (Å²) in [6.45, 7) is 8.77. The minimum absolute atomic E-state index is 0. The molecule has 0 spiro atoms. The van der Waals surface area contributed by atoms with Gasteiger partial charge >= 0.3 is 0 Å². The normalized spacial score (nSPS) is 16.4. The van der Waals surface area contributed by atoms with Crippen molar-refractivity contribution < 1.29 is 9.59 Å². The van der Waals surface area contributed by atoms with Crippen molar-refractivity contribution in [1.29, 1.82) is 0 Å². The zero-order valence-corrected chi connectivity index (χ0v) is 13.3. The van der Waals surface area contributed by atoms with Crippen LogP contribution in [0.2, 0.25) is 0 Å². The Morgan fingerprint density at radius 3 is 2.30 bits per heavy atom. The lowest BCUT2D eigenvalue weighted by atomic mass is 10.2. The van der Waals surface area contributed by atoms with E-state index in [9.17, 15) is 9.59 Å². The first-order valence-corrected chi connectivity index (χ1v) is 6.19. The molecule has 1 aliphatic rings. The van der Waals surface area contributed by atoms with Gasteiger partial charge in [-0.05, 0) is 6.92 Å². The number of carbonyl (C=O) groups excluding carboxylic acids is 2. The minimum Gasteiger partial charge on any atom is -0.352 e. The van der Waals surface area contributed by atoms with E-state index in [1.807, 2.05) is 4.90 Å². The van der Waals surface area contributed by atoms with Crippen molar-refractivity contribution in [2.75, 3.05) is 39.3 Å². The van der Waals surface area contributed by atoms with E-state index >= 15 is 0 Å². The Bertz CT molecular complexity index is 319. The van der Waals surface area contributed by atoms with E-state index in [0.29, 0.717) is 39.3 Å². The summed E-state index contributed by atoms with van der Waals surface area (Å²) in [7, 11) is 0. The number of hydrogen-bond acceptors (Lipinski definition) is 4. The van der Waals surface area contributed by atoms with Crippen molar-refractivity contribution >= 4 is 36.6 Å². The van der Waals surface area contributed by atoms with Gasteiger partial charge in [0, 0.05) is 32.7 Å². The summed E-state index contributed by atoms with van der Waals surface area (Å²) in [5.74, 6) is -0.0346. The molecule has 1 rings (SSSR count). The van der Waals surface area contributed by atoms with E-state index in [-0.39, 0.29) is 36.6 Å². The van der Waals surface area contributed by atoms with E-state index in [4.69, 9.17) is 5.73 Å². The number of nitrogens with two attached hydrogens (primary N) is 1. The first kappa shape index (κ1) is 21.5. The lowest BCUT2D eigenvalue weighted by Gasteiger charge is -2.35. The van der Waals surface area contributed by atoms with Crippen LogP contribution in [-0.2, 0) is 9.59 Å². The Morgan fingerprint density at radius 2 is 1.85 bits per heavy atom. The zero-order valence-electron chi connectivity index (χ0n) is 11.7. The SMILES string of the molecule is C=CCNC(=O)CN1CCN(C(=O)C(C)N)CC1.Cl.Cl. The van der Waals surface area contributed by atoms with Crippen LogP contribution in [0.25, 0.3) is 0 Å². The molecule has 1 atom stereocenters. The van der Waals surface area contributed by atoms with Crippen LogP contribution in [0.5, 0.6) is 0 Å². The summed E-state index contributed by atoms with van der Waals surface area (Å²) in [5, 5.41) is 2.73. The van der Waals surface area contributed by atoms with E-state index in [1.54, 1.807) is 17.9 Å². The summed E-state index contributed by atoms with van der Waals surface area (Å²) in [6.07, 6.45) is 1.65. The number of nitrogens with one attached hydrogen (secondary N) is 1. The van der Waals surface area contributed by atoms with Crippen LogP contribution in [0.1, 0.15) is 6.92 Å². The molecule has 1 heterocycles. The van der Waals surface area contributed by atoms with Gasteiger partial charge in [0.15, 0.2) is 0 Å². The highest BCUT2D eigenvalue weighted by molar-refractivity contribution is 5.85. The molecular formula is C12H24Cl2N4O2. The van der Waals surface area contributed by atoms with Gasteiger partial charge < -0.3 is 16.0 Å². The molecule has 0 bridgehead atoms. The van der Waals surface area contributed by atoms with E-state index < -0.39 is 6.04 Å². The summed E-state index contributed by atoms with van der Waals surface area (Å²) >= 11 is 0. The molecule has 118 valence electrons. The smallest absolute Gasteiger partial charge is 0.239 e. The number of piperazine rings is 1. The molecule has 0 aromatic rings. The van der Waals surface area contributed by atoms with Gasteiger partial charge in [-0.25, -0.2) is 0 Å². The van der Waals surface area contributed by atoms with Crippen LogP contribution in [-0.4, -0.2) is 66.9 Å². The highest BCUT2D eigenvalue weighted by atomic mass is 35.5. The molecule has 6 nitrogen and oxygen atoms in total. The second kappa shape index (κ2) is 10.9. The van der Waals surface area contributed by atoms with Gasteiger partial charge in [-0.1, -0.05) is 6.08 Å². The molecule has 1 fully saturated rings. The lowest BCUT2D eigenvalue weighted by molar-refractivity contribution is -0.134. The topological polar surface area (TPSA) is 78.7 Å². The number of halogens is 2. The van der Waals surface area contributed by atoms with Crippen molar-refractivity contribution in [3.63, 3.8) is 0 Å². The monoisotopic (exact) mass is 326 g/mol. The second-order valence-corrected chi connectivity index (χ2v) is 4.48. The van der Waals surface area contributed by atoms with E-state index in [2.05, 4.69) is 11.9 Å². The fourth-order valence-electron chi connectivity index (χ4n) is 1.86. The average molecular weight is 327 g/mol. The Morgan fingerprint density at radius 1 is 1.30 bits per heavy atom. The third-order valence-electron chi connectivity index (χ3n) is 2.88. The maximum Gasteiger partial charge on any atom is 0.239 e. The summed E-state index contributed by atoms with van der Waals surface area (Å²) in [6, 6.07) is -0.451. The Balaban J connectivity index is 0. The van der Waals surface area contributed by atoms with Gasteiger partial charge in [0.05, 0.1) is 12.6 Å². The fraction of sp³-hybridized carbons (Fsp3) is 0.667. The quantitative estimate of drug-likeness (QED) is 0.675. The highest BCUT2D eigenvalue weighted by Crippen LogP contribution is 2.03. The van der Waals surface area contributed by atoms with Gasteiger partial charge in [-0.2, -0.15) is 0 Å². The number of rotatable bonds is 5. The molecule has 8 heteroatoms. The van der Waals surface area contributed by atoms with Gasteiger partial charge in [0.25, 0.3) is 0 Å². The van der Waals surface area contributed by atoms with Crippen LogP contribution >= 0.6 is 24.8 Å². The molecule has 1 saturated heterocycles. The standard InChI is InChI=1S/C12H22N4O2.2ClH/c1-3-4-14-11(17)9-15-5-7-16(8-6-15)12(18)10(2)13;;/h3,10H,1,4-9,13H2,2H3,(H,14,17);2*1H. The van der Waals surface area contributed by atoms with Gasteiger partial charge in [0.1, 0.15) is 0 Å². The third-order valence-corrected chi connectivity index (χ3v) is 2.88. The lowest BCUT2D eigenvalue weighted by Crippen LogP contribution is -2.54. The van der Waals surface area contributed by atoms with Crippen molar-refractivity contribution in [3.05, 3.63) is 12.7 Å². The zero-order chi connectivity index (χ0) is 13.5. The van der Waals surface area contributed by atoms with Crippen LogP contribution < -0.4 is 11.1 Å². The number of amides is 2. The molecule has 1 unspecified atom stereocenters. The van der Waals surface area contributed by atoms with Gasteiger partial charge in [0.2, 0.25) is 11.8 Å². The van der Waals surface area contributed by atoms with Crippen molar-refractivity contribution in [1.82, 2.24) is 15.1 Å². The fourth-order valence-corrected chi connectivity index (χ4v) is 1.86. The second-order valence-electron chi connectivity index (χ2n) is 4.48. The molecule has 20 heavy (non-hydrogen) atoms. The molecule has 3 N–H and O–H groups in total. The molecule has 1 aliphatic heterocycles. The van der Waals surface area contributed by atoms with E-state index in [0.717, 1.165) is 0 Å². The first-order valence-electron chi connectivity index (χ1n) is 6.19. The minimum atomic E-state index is -0.451. The Kier molecular flexibility index (Phi) is 11.7. The molecule has 0 aliphatic carbocycles. The van der Waals surface area contributed by atoms with Gasteiger partial charge in [-0.15, -0.1) is 31.4 Å². The summed E-state index contributed by atoms with van der Waals surface area (Å²) < 4.78 is 0. The van der Waals surface area contributed by atoms with Gasteiger partial charge in [-0.3, -0.25) is 14.5 Å². The molecule has 0 radical (unpaired) electrons. The first-order chi connectivity index (χ1) is 8.54.